The molecule has 0 unspecified atom stereocenters. The summed E-state index contributed by atoms with van der Waals surface area (Å²) in [6.07, 6.45) is -0.160. The molecule has 152 valence electrons. The Balaban J connectivity index is 1.59. The van der Waals surface area contributed by atoms with E-state index in [9.17, 15) is 10.2 Å². The van der Waals surface area contributed by atoms with Crippen molar-refractivity contribution in [2.45, 2.75) is 31.1 Å². The van der Waals surface area contributed by atoms with E-state index >= 15 is 0 Å². The van der Waals surface area contributed by atoms with Gasteiger partial charge in [0.05, 0.1) is 0 Å². The zero-order valence-electron chi connectivity index (χ0n) is 16.7. The minimum atomic E-state index is -1.11. The minimum absolute atomic E-state index is 0.0215. The van der Waals surface area contributed by atoms with Crippen molar-refractivity contribution in [2.75, 3.05) is 13.2 Å². The predicted molar refractivity (Wildman–Crippen MR) is 116 cm³/mol. The van der Waals surface area contributed by atoms with Crippen molar-refractivity contribution in [3.8, 4) is 5.75 Å². The fourth-order valence-electron chi connectivity index (χ4n) is 3.45. The average molecular weight is 392 g/mol. The largest absolute Gasteiger partial charge is 0.491 e. The van der Waals surface area contributed by atoms with Gasteiger partial charge in [-0.3, -0.25) is 0 Å². The molecule has 4 heteroatoms. The molecule has 0 aliphatic heterocycles. The van der Waals surface area contributed by atoms with Crippen LogP contribution in [0.2, 0.25) is 0 Å². The van der Waals surface area contributed by atoms with Crippen LogP contribution in [0.3, 0.4) is 0 Å². The smallest absolute Gasteiger partial charge is 0.119 e. The van der Waals surface area contributed by atoms with Gasteiger partial charge >= 0.3 is 0 Å². The van der Waals surface area contributed by atoms with Crippen LogP contribution in [0, 0.1) is 0 Å². The molecule has 3 aromatic rings. The van der Waals surface area contributed by atoms with Crippen LogP contribution in [0.25, 0.3) is 0 Å². The maximum absolute atomic E-state index is 11.6. The highest BCUT2D eigenvalue weighted by Gasteiger charge is 2.33. The Labute approximate surface area is 172 Å². The lowest BCUT2D eigenvalue weighted by molar-refractivity contribution is 0.0558. The van der Waals surface area contributed by atoms with Gasteiger partial charge in [-0.15, -0.1) is 0 Å². The van der Waals surface area contributed by atoms with Crippen molar-refractivity contribution in [3.63, 3.8) is 0 Å². The van der Waals surface area contributed by atoms with Crippen molar-refractivity contribution >= 4 is 0 Å². The first-order chi connectivity index (χ1) is 14.1. The Bertz CT molecular complexity index is 800. The highest BCUT2D eigenvalue weighted by atomic mass is 16.5. The lowest BCUT2D eigenvalue weighted by atomic mass is 9.81. The fourth-order valence-corrected chi connectivity index (χ4v) is 3.45. The number of hydrogen-bond donors (Lipinski definition) is 3. The second-order valence-corrected chi connectivity index (χ2v) is 7.38. The monoisotopic (exact) mass is 391 g/mol. The van der Waals surface area contributed by atoms with Crippen LogP contribution in [-0.4, -0.2) is 35.5 Å². The van der Waals surface area contributed by atoms with Crippen LogP contribution in [-0.2, 0) is 5.60 Å². The number of para-hydroxylation sites is 1. The van der Waals surface area contributed by atoms with Gasteiger partial charge in [0.15, 0.2) is 0 Å². The molecular weight excluding hydrogens is 362 g/mol. The summed E-state index contributed by atoms with van der Waals surface area (Å²) in [5.41, 5.74) is 0.598. The van der Waals surface area contributed by atoms with Crippen molar-refractivity contribution < 1.29 is 14.9 Å². The highest BCUT2D eigenvalue weighted by Crippen LogP contribution is 2.34. The normalized spacial score (nSPS) is 13.6. The molecule has 3 aromatic carbocycles. The van der Waals surface area contributed by atoms with Crippen LogP contribution in [0.5, 0.6) is 5.75 Å². The van der Waals surface area contributed by atoms with Crippen LogP contribution < -0.4 is 10.1 Å². The van der Waals surface area contributed by atoms with E-state index in [-0.39, 0.29) is 12.6 Å². The fraction of sp³-hybridized carbons (Fsp3) is 0.280. The molecule has 0 saturated heterocycles. The summed E-state index contributed by atoms with van der Waals surface area (Å²) in [5, 5.41) is 25.2. The van der Waals surface area contributed by atoms with Crippen molar-refractivity contribution in [1.29, 1.82) is 0 Å². The van der Waals surface area contributed by atoms with Gasteiger partial charge in [0.2, 0.25) is 0 Å². The van der Waals surface area contributed by atoms with E-state index < -0.39 is 11.7 Å². The van der Waals surface area contributed by atoms with Crippen molar-refractivity contribution in [3.05, 3.63) is 102 Å². The molecule has 0 spiro atoms. The minimum Gasteiger partial charge on any atom is -0.491 e. The summed E-state index contributed by atoms with van der Waals surface area (Å²) < 4.78 is 5.60. The maximum Gasteiger partial charge on any atom is 0.119 e. The summed E-state index contributed by atoms with van der Waals surface area (Å²) in [6.45, 7) is 2.61. The van der Waals surface area contributed by atoms with E-state index in [2.05, 4.69) is 5.32 Å². The number of aliphatic hydroxyl groups is 2. The Morgan fingerprint density at radius 3 is 1.83 bits per heavy atom. The van der Waals surface area contributed by atoms with Gasteiger partial charge in [-0.25, -0.2) is 0 Å². The van der Waals surface area contributed by atoms with E-state index in [1.807, 2.05) is 97.9 Å². The lowest BCUT2D eigenvalue weighted by Gasteiger charge is -2.32. The van der Waals surface area contributed by atoms with E-state index in [0.29, 0.717) is 13.0 Å². The molecule has 3 rings (SSSR count). The van der Waals surface area contributed by atoms with Gasteiger partial charge in [-0.2, -0.15) is 0 Å². The van der Waals surface area contributed by atoms with E-state index in [0.717, 1.165) is 16.9 Å². The third-order valence-corrected chi connectivity index (χ3v) is 4.99. The maximum atomic E-state index is 11.6. The lowest BCUT2D eigenvalue weighted by Crippen LogP contribution is -2.41. The molecule has 29 heavy (non-hydrogen) atoms. The topological polar surface area (TPSA) is 61.7 Å². The molecule has 0 aliphatic carbocycles. The third kappa shape index (κ3) is 5.91. The quantitative estimate of drug-likeness (QED) is 0.493. The zero-order chi connectivity index (χ0) is 20.5. The van der Waals surface area contributed by atoms with E-state index in [1.54, 1.807) is 0 Å². The molecule has 0 aromatic heterocycles. The number of aliphatic hydroxyl groups excluding tert-OH is 1. The van der Waals surface area contributed by atoms with Crippen molar-refractivity contribution in [1.82, 2.24) is 5.32 Å². The number of rotatable bonds is 10. The third-order valence-electron chi connectivity index (χ3n) is 4.99. The Morgan fingerprint density at radius 2 is 1.31 bits per heavy atom. The van der Waals surface area contributed by atoms with Gasteiger partial charge in [0.1, 0.15) is 24.1 Å². The summed E-state index contributed by atoms with van der Waals surface area (Å²) in [6, 6.07) is 28.8. The summed E-state index contributed by atoms with van der Waals surface area (Å²) in [7, 11) is 0. The Kier molecular flexibility index (Phi) is 7.42. The Morgan fingerprint density at radius 1 is 0.828 bits per heavy atom. The number of ether oxygens (including phenoxy) is 1. The summed E-state index contributed by atoms with van der Waals surface area (Å²) in [4.78, 5) is 0. The SMILES string of the molecule is C[C@@H](CC(O)(c1ccccc1)c1ccccc1)NC[C@H](O)COc1ccccc1. The molecule has 0 radical (unpaired) electrons. The second-order valence-electron chi connectivity index (χ2n) is 7.38. The first-order valence-corrected chi connectivity index (χ1v) is 10.0. The first kappa shape index (κ1) is 21.1. The van der Waals surface area contributed by atoms with Gasteiger partial charge in [0, 0.05) is 12.6 Å². The predicted octanol–water partition coefficient (Wildman–Crippen LogP) is 3.73. The van der Waals surface area contributed by atoms with Crippen molar-refractivity contribution in [2.24, 2.45) is 0 Å². The molecule has 0 fully saturated rings. The van der Waals surface area contributed by atoms with Crippen LogP contribution in [0.15, 0.2) is 91.0 Å². The molecule has 2 atom stereocenters. The van der Waals surface area contributed by atoms with Gasteiger partial charge < -0.3 is 20.3 Å². The zero-order valence-corrected chi connectivity index (χ0v) is 16.7. The molecular formula is C25H29NO3. The molecule has 0 bridgehead atoms. The van der Waals surface area contributed by atoms with Gasteiger partial charge in [0.25, 0.3) is 0 Å². The summed E-state index contributed by atoms with van der Waals surface area (Å²) >= 11 is 0. The Hall–Kier alpha value is -2.66. The van der Waals surface area contributed by atoms with Crippen LogP contribution in [0.4, 0.5) is 0 Å². The number of nitrogens with one attached hydrogen (secondary N) is 1. The first-order valence-electron chi connectivity index (χ1n) is 10.0. The highest BCUT2D eigenvalue weighted by molar-refractivity contribution is 5.36. The molecule has 0 saturated carbocycles. The molecule has 3 N–H and O–H groups in total. The molecule has 4 nitrogen and oxygen atoms in total. The van der Waals surface area contributed by atoms with Crippen LogP contribution in [0.1, 0.15) is 24.5 Å². The van der Waals surface area contributed by atoms with Crippen LogP contribution >= 0.6 is 0 Å². The number of hydrogen-bond acceptors (Lipinski definition) is 4. The number of benzene rings is 3. The standard InChI is InChI=1S/C25H29NO3/c1-20(26-18-23(27)19-29-24-15-9-4-10-16-24)17-25(28,21-11-5-2-6-12-21)22-13-7-3-8-14-22/h2-16,20,23,26-28H,17-19H2,1H3/t20-,23-/m0/s1. The average Bonchev–Trinajstić information content (AvgIpc) is 2.78. The molecule has 0 aliphatic rings. The summed E-state index contributed by atoms with van der Waals surface area (Å²) in [5.74, 6) is 0.738. The van der Waals surface area contributed by atoms with E-state index in [4.69, 9.17) is 4.74 Å². The van der Waals surface area contributed by atoms with Gasteiger partial charge in [-0.1, -0.05) is 78.9 Å². The molecule has 0 amide bonds. The second kappa shape index (κ2) is 10.2. The van der Waals surface area contributed by atoms with E-state index in [1.165, 1.54) is 0 Å². The van der Waals surface area contributed by atoms with Gasteiger partial charge in [-0.05, 0) is 36.6 Å². The molecule has 0 heterocycles.